The minimum absolute atomic E-state index is 0.0936. The number of rotatable bonds is 8. The third-order valence-corrected chi connectivity index (χ3v) is 4.28. The Balaban J connectivity index is 1.99. The van der Waals surface area contributed by atoms with Gasteiger partial charge >= 0.3 is 6.09 Å². The van der Waals surface area contributed by atoms with Crippen LogP contribution in [0.25, 0.3) is 0 Å². The maximum atomic E-state index is 12.7. The van der Waals surface area contributed by atoms with Gasteiger partial charge in [0.25, 0.3) is 5.91 Å². The molecule has 1 aliphatic heterocycles. The number of ether oxygens (including phenoxy) is 1. The van der Waals surface area contributed by atoms with Crippen molar-refractivity contribution in [2.75, 3.05) is 26.7 Å². The third-order valence-electron chi connectivity index (χ3n) is 4.28. The number of nitrogens with one attached hydrogen (secondary N) is 2. The molecule has 2 N–H and O–H groups in total. The molecular formula is C20H28N6O3. The Morgan fingerprint density at radius 1 is 1.31 bits per heavy atom. The van der Waals surface area contributed by atoms with Gasteiger partial charge in [-0.3, -0.25) is 14.8 Å². The molecule has 0 fully saturated rings. The van der Waals surface area contributed by atoms with E-state index >= 15 is 0 Å². The number of amides is 2. The lowest BCUT2D eigenvalue weighted by Gasteiger charge is -2.18. The van der Waals surface area contributed by atoms with Gasteiger partial charge in [-0.25, -0.2) is 9.78 Å². The molecule has 9 heteroatoms. The Morgan fingerprint density at radius 2 is 2.07 bits per heavy atom. The maximum absolute atomic E-state index is 12.7. The van der Waals surface area contributed by atoms with Crippen molar-refractivity contribution in [2.24, 2.45) is 4.99 Å². The zero-order valence-corrected chi connectivity index (χ0v) is 17.3. The number of likely N-dealkylation sites (N-methyl/N-ethyl adjacent to an activating group) is 1. The van der Waals surface area contributed by atoms with E-state index in [4.69, 9.17) is 4.74 Å². The predicted octanol–water partition coefficient (Wildman–Crippen LogP) is 1.86. The van der Waals surface area contributed by atoms with Crippen LogP contribution in [-0.2, 0) is 4.74 Å². The van der Waals surface area contributed by atoms with Crippen molar-refractivity contribution in [1.29, 1.82) is 0 Å². The number of allylic oxidation sites excluding steroid dienone is 3. The van der Waals surface area contributed by atoms with Crippen LogP contribution < -0.4 is 10.6 Å². The molecule has 2 amide bonds. The molecule has 0 saturated heterocycles. The molecule has 2 atom stereocenters. The standard InChI is InChI=1S/C20H28N6O3/c1-5-26(4)12-11-23-20(28)29-15(3)17-18(22-10-9-21-17)19(27)25-16-8-6-7-14(2)13-24-16/h6-10,13,15-16H,5,11-12H2,1-4H3,(H,23,28)(H,25,27). The second kappa shape index (κ2) is 11.1. The molecule has 2 heterocycles. The molecule has 1 aliphatic rings. The molecule has 2 rings (SSSR count). The SMILES string of the molecule is CCN(C)CCNC(=O)OC(C)c1nccnc1C(=O)NC1C=CC=C(C)C=N1. The fourth-order valence-corrected chi connectivity index (χ4v) is 2.48. The Bertz CT molecular complexity index is 805. The van der Waals surface area contributed by atoms with E-state index in [1.54, 1.807) is 19.2 Å². The normalized spacial score (nSPS) is 16.7. The van der Waals surface area contributed by atoms with Crippen molar-refractivity contribution >= 4 is 18.2 Å². The molecule has 29 heavy (non-hydrogen) atoms. The van der Waals surface area contributed by atoms with E-state index in [-0.39, 0.29) is 11.4 Å². The summed E-state index contributed by atoms with van der Waals surface area (Å²) in [5.74, 6) is -0.445. The minimum atomic E-state index is -0.745. The van der Waals surface area contributed by atoms with Gasteiger partial charge in [0.1, 0.15) is 18.0 Å². The van der Waals surface area contributed by atoms with Crippen LogP contribution in [0, 0.1) is 0 Å². The first kappa shape index (κ1) is 22.2. The van der Waals surface area contributed by atoms with E-state index in [0.717, 1.165) is 12.1 Å². The van der Waals surface area contributed by atoms with E-state index in [9.17, 15) is 9.59 Å². The van der Waals surface area contributed by atoms with Crippen molar-refractivity contribution in [1.82, 2.24) is 25.5 Å². The second-order valence-corrected chi connectivity index (χ2v) is 6.65. The highest BCUT2D eigenvalue weighted by atomic mass is 16.6. The summed E-state index contributed by atoms with van der Waals surface area (Å²) in [7, 11) is 1.96. The smallest absolute Gasteiger partial charge is 0.407 e. The average Bonchev–Trinajstić information content (AvgIpc) is 2.91. The first-order valence-corrected chi connectivity index (χ1v) is 9.53. The molecule has 1 aromatic heterocycles. The van der Waals surface area contributed by atoms with Crippen molar-refractivity contribution in [3.05, 3.63) is 47.6 Å². The highest BCUT2D eigenvalue weighted by Gasteiger charge is 2.23. The van der Waals surface area contributed by atoms with Gasteiger partial charge in [0.2, 0.25) is 0 Å². The maximum Gasteiger partial charge on any atom is 0.407 e. The highest BCUT2D eigenvalue weighted by Crippen LogP contribution is 2.17. The molecule has 0 aromatic carbocycles. The summed E-state index contributed by atoms with van der Waals surface area (Å²) in [5.41, 5.74) is 1.36. The summed E-state index contributed by atoms with van der Waals surface area (Å²) < 4.78 is 5.36. The summed E-state index contributed by atoms with van der Waals surface area (Å²) in [6.07, 6.45) is 8.23. The van der Waals surface area contributed by atoms with Crippen molar-refractivity contribution in [2.45, 2.75) is 33.0 Å². The molecule has 0 bridgehead atoms. The zero-order valence-electron chi connectivity index (χ0n) is 17.3. The topological polar surface area (TPSA) is 109 Å². The van der Waals surface area contributed by atoms with E-state index in [1.807, 2.05) is 33.0 Å². The average molecular weight is 400 g/mol. The monoisotopic (exact) mass is 400 g/mol. The second-order valence-electron chi connectivity index (χ2n) is 6.65. The number of hydrogen-bond acceptors (Lipinski definition) is 7. The molecule has 0 aliphatic carbocycles. The van der Waals surface area contributed by atoms with Crippen LogP contribution in [0.1, 0.15) is 43.1 Å². The van der Waals surface area contributed by atoms with Gasteiger partial charge in [-0.05, 0) is 39.1 Å². The van der Waals surface area contributed by atoms with Crippen LogP contribution in [-0.4, -0.2) is 65.9 Å². The van der Waals surface area contributed by atoms with Crippen LogP contribution in [0.5, 0.6) is 0 Å². The van der Waals surface area contributed by atoms with E-state index in [1.165, 1.54) is 12.4 Å². The number of nitrogens with zero attached hydrogens (tertiary/aromatic N) is 4. The molecule has 0 saturated carbocycles. The Morgan fingerprint density at radius 3 is 2.83 bits per heavy atom. The lowest BCUT2D eigenvalue weighted by atomic mass is 10.2. The third kappa shape index (κ3) is 7.11. The summed E-state index contributed by atoms with van der Waals surface area (Å²) >= 11 is 0. The van der Waals surface area contributed by atoms with Crippen molar-refractivity contribution < 1.29 is 14.3 Å². The number of aromatic nitrogens is 2. The minimum Gasteiger partial charge on any atom is -0.440 e. The van der Waals surface area contributed by atoms with E-state index in [0.29, 0.717) is 13.1 Å². The molecule has 0 radical (unpaired) electrons. The zero-order chi connectivity index (χ0) is 21.2. The lowest BCUT2D eigenvalue weighted by molar-refractivity contribution is 0.0904. The predicted molar refractivity (Wildman–Crippen MR) is 111 cm³/mol. The summed E-state index contributed by atoms with van der Waals surface area (Å²) in [6.45, 7) is 7.67. The quantitative estimate of drug-likeness (QED) is 0.689. The molecule has 2 unspecified atom stereocenters. The van der Waals surface area contributed by atoms with Crippen LogP contribution in [0.3, 0.4) is 0 Å². The summed E-state index contributed by atoms with van der Waals surface area (Å²) in [6, 6.07) is 0. The van der Waals surface area contributed by atoms with Gasteiger partial charge < -0.3 is 20.3 Å². The summed E-state index contributed by atoms with van der Waals surface area (Å²) in [4.78, 5) is 39.4. The van der Waals surface area contributed by atoms with Crippen LogP contribution in [0.15, 0.2) is 41.2 Å². The van der Waals surface area contributed by atoms with Gasteiger partial charge in [0.15, 0.2) is 5.69 Å². The summed E-state index contributed by atoms with van der Waals surface area (Å²) in [5, 5.41) is 5.46. The largest absolute Gasteiger partial charge is 0.440 e. The Kier molecular flexibility index (Phi) is 8.47. The van der Waals surface area contributed by atoms with Gasteiger partial charge in [-0.1, -0.05) is 19.1 Å². The molecular weight excluding hydrogens is 372 g/mol. The fourth-order valence-electron chi connectivity index (χ4n) is 2.48. The number of aliphatic imine (C=N–C) groups is 1. The Labute approximate surface area is 171 Å². The number of alkyl carbamates (subject to hydrolysis) is 1. The fraction of sp³-hybridized carbons (Fsp3) is 0.450. The van der Waals surface area contributed by atoms with Gasteiger partial charge in [0.05, 0.1) is 0 Å². The molecule has 1 aromatic rings. The van der Waals surface area contributed by atoms with Gasteiger partial charge in [-0.15, -0.1) is 0 Å². The lowest BCUT2D eigenvalue weighted by Crippen LogP contribution is -2.35. The number of carbonyl (C=O) groups is 2. The molecule has 0 spiro atoms. The molecule has 156 valence electrons. The molecule has 9 nitrogen and oxygen atoms in total. The van der Waals surface area contributed by atoms with Crippen LogP contribution in [0.4, 0.5) is 4.79 Å². The van der Waals surface area contributed by atoms with Crippen molar-refractivity contribution in [3.63, 3.8) is 0 Å². The first-order chi connectivity index (χ1) is 13.9. The van der Waals surface area contributed by atoms with Crippen molar-refractivity contribution in [3.8, 4) is 0 Å². The van der Waals surface area contributed by atoms with Crippen LogP contribution in [0.2, 0.25) is 0 Å². The number of hydrogen-bond donors (Lipinski definition) is 2. The van der Waals surface area contributed by atoms with E-state index < -0.39 is 24.3 Å². The van der Waals surface area contributed by atoms with Gasteiger partial charge in [0, 0.05) is 31.7 Å². The van der Waals surface area contributed by atoms with Crippen LogP contribution >= 0.6 is 0 Å². The number of carbonyl (C=O) groups excluding carboxylic acids is 2. The Hall–Kier alpha value is -3.07. The van der Waals surface area contributed by atoms with E-state index in [2.05, 4.69) is 30.5 Å². The highest BCUT2D eigenvalue weighted by molar-refractivity contribution is 5.94. The van der Waals surface area contributed by atoms with Gasteiger partial charge in [-0.2, -0.15) is 0 Å². The first-order valence-electron chi connectivity index (χ1n) is 9.53.